The van der Waals surface area contributed by atoms with E-state index in [0.29, 0.717) is 31.2 Å². The first-order chi connectivity index (χ1) is 10.6. The predicted molar refractivity (Wildman–Crippen MR) is 90.0 cm³/mol. The molecule has 0 bridgehead atoms. The summed E-state index contributed by atoms with van der Waals surface area (Å²) in [5.41, 5.74) is 1.11. The Morgan fingerprint density at radius 1 is 1.36 bits per heavy atom. The predicted octanol–water partition coefficient (Wildman–Crippen LogP) is 0.0521. The molecule has 2 N–H and O–H groups in total. The lowest BCUT2D eigenvalue weighted by Crippen LogP contribution is -2.39. The molecule has 118 valence electrons. The smallest absolute Gasteiger partial charge is 0.253 e. The van der Waals surface area contributed by atoms with Gasteiger partial charge < -0.3 is 15.4 Å². The van der Waals surface area contributed by atoms with Crippen LogP contribution >= 0.6 is 12.2 Å². The van der Waals surface area contributed by atoms with Gasteiger partial charge in [0, 0.05) is 20.2 Å². The SMILES string of the molecule is COCCNC(=S)NCCC1C=c2ccc(C)cc2=NC1=O. The lowest BCUT2D eigenvalue weighted by Gasteiger charge is -2.14. The molecule has 0 saturated heterocycles. The van der Waals surface area contributed by atoms with Crippen LogP contribution in [-0.2, 0) is 9.53 Å². The molecule has 0 spiro atoms. The second-order valence-electron chi connectivity index (χ2n) is 5.25. The van der Waals surface area contributed by atoms with Gasteiger partial charge in [-0.1, -0.05) is 18.2 Å². The second-order valence-corrected chi connectivity index (χ2v) is 5.66. The first-order valence-corrected chi connectivity index (χ1v) is 7.72. The maximum Gasteiger partial charge on any atom is 0.253 e. The lowest BCUT2D eigenvalue weighted by molar-refractivity contribution is -0.120. The van der Waals surface area contributed by atoms with Crippen LogP contribution in [0.15, 0.2) is 23.2 Å². The van der Waals surface area contributed by atoms with Gasteiger partial charge in [0.2, 0.25) is 0 Å². The molecule has 0 radical (unpaired) electrons. The van der Waals surface area contributed by atoms with Crippen molar-refractivity contribution in [3.05, 3.63) is 34.3 Å². The Morgan fingerprint density at radius 3 is 2.91 bits per heavy atom. The molecule has 0 aliphatic carbocycles. The number of fused-ring (bicyclic) bond motifs is 1. The van der Waals surface area contributed by atoms with Gasteiger partial charge in [-0.05, 0) is 42.4 Å². The Morgan fingerprint density at radius 2 is 2.14 bits per heavy atom. The minimum atomic E-state index is -0.190. The summed E-state index contributed by atoms with van der Waals surface area (Å²) in [6.07, 6.45) is 2.66. The van der Waals surface area contributed by atoms with E-state index in [4.69, 9.17) is 17.0 Å². The number of nitrogens with one attached hydrogen (secondary N) is 2. The first-order valence-electron chi connectivity index (χ1n) is 7.32. The normalized spacial score (nSPS) is 16.3. The Bertz CT molecular complexity index is 672. The summed E-state index contributed by atoms with van der Waals surface area (Å²) in [4.78, 5) is 16.2. The molecule has 2 rings (SSSR count). The van der Waals surface area contributed by atoms with Crippen molar-refractivity contribution in [1.29, 1.82) is 0 Å². The fourth-order valence-electron chi connectivity index (χ4n) is 2.26. The summed E-state index contributed by atoms with van der Waals surface area (Å²) in [6, 6.07) is 5.98. The summed E-state index contributed by atoms with van der Waals surface area (Å²) in [6.45, 7) is 3.89. The average Bonchev–Trinajstić information content (AvgIpc) is 2.48. The average molecular weight is 319 g/mol. The van der Waals surface area contributed by atoms with Crippen LogP contribution in [0.4, 0.5) is 0 Å². The largest absolute Gasteiger partial charge is 0.383 e. The van der Waals surface area contributed by atoms with Crippen molar-refractivity contribution in [2.24, 2.45) is 10.9 Å². The molecule has 22 heavy (non-hydrogen) atoms. The number of aryl methyl sites for hydroxylation is 1. The van der Waals surface area contributed by atoms with Crippen molar-refractivity contribution in [2.75, 3.05) is 26.8 Å². The molecule has 0 fully saturated rings. The zero-order valence-electron chi connectivity index (χ0n) is 12.9. The third-order valence-electron chi connectivity index (χ3n) is 3.45. The van der Waals surface area contributed by atoms with E-state index in [1.54, 1.807) is 7.11 Å². The molecule has 1 aliphatic heterocycles. The van der Waals surface area contributed by atoms with Crippen molar-refractivity contribution in [2.45, 2.75) is 13.3 Å². The van der Waals surface area contributed by atoms with Gasteiger partial charge >= 0.3 is 0 Å². The number of ether oxygens (including phenoxy) is 1. The Hall–Kier alpha value is -1.79. The highest BCUT2D eigenvalue weighted by Gasteiger charge is 2.17. The first kappa shape index (κ1) is 16.6. The van der Waals surface area contributed by atoms with Crippen molar-refractivity contribution in [1.82, 2.24) is 10.6 Å². The van der Waals surface area contributed by atoms with Gasteiger partial charge in [-0.2, -0.15) is 0 Å². The highest BCUT2D eigenvalue weighted by molar-refractivity contribution is 7.80. The van der Waals surface area contributed by atoms with E-state index in [1.165, 1.54) is 0 Å². The summed E-state index contributed by atoms with van der Waals surface area (Å²) in [7, 11) is 1.64. The molecular formula is C16H21N3O2S. The topological polar surface area (TPSA) is 62.7 Å². The number of hydrogen-bond donors (Lipinski definition) is 2. The Labute approximate surface area is 135 Å². The van der Waals surface area contributed by atoms with Crippen LogP contribution in [0.25, 0.3) is 6.08 Å². The molecular weight excluding hydrogens is 298 g/mol. The number of methoxy groups -OCH3 is 1. The molecule has 1 amide bonds. The zero-order chi connectivity index (χ0) is 15.9. The summed E-state index contributed by atoms with van der Waals surface area (Å²) >= 11 is 5.14. The van der Waals surface area contributed by atoms with E-state index in [-0.39, 0.29) is 11.8 Å². The lowest BCUT2D eigenvalue weighted by atomic mass is 10.00. The molecule has 1 unspecified atom stereocenters. The number of carbonyl (C=O) groups excluding carboxylic acids is 1. The van der Waals surface area contributed by atoms with Crippen LogP contribution in [0, 0.1) is 12.8 Å². The van der Waals surface area contributed by atoms with E-state index in [1.807, 2.05) is 31.2 Å². The van der Waals surface area contributed by atoms with E-state index in [2.05, 4.69) is 15.6 Å². The van der Waals surface area contributed by atoms with Crippen LogP contribution in [0.3, 0.4) is 0 Å². The number of thiocarbonyl (C=S) groups is 1. The quantitative estimate of drug-likeness (QED) is 0.573. The van der Waals surface area contributed by atoms with Gasteiger partial charge in [0.25, 0.3) is 5.91 Å². The number of carbonyl (C=O) groups is 1. The van der Waals surface area contributed by atoms with Crippen LogP contribution < -0.4 is 21.2 Å². The minimum Gasteiger partial charge on any atom is -0.383 e. The van der Waals surface area contributed by atoms with Gasteiger partial charge in [-0.3, -0.25) is 4.79 Å². The highest BCUT2D eigenvalue weighted by Crippen LogP contribution is 2.08. The highest BCUT2D eigenvalue weighted by atomic mass is 32.1. The third kappa shape index (κ3) is 4.61. The summed E-state index contributed by atoms with van der Waals surface area (Å²) < 4.78 is 4.94. The maximum absolute atomic E-state index is 12.1. The number of amides is 1. The van der Waals surface area contributed by atoms with Crippen LogP contribution in [0.5, 0.6) is 0 Å². The Kier molecular flexibility index (Phi) is 6.03. The number of rotatable bonds is 6. The number of nitrogens with zero attached hydrogens (tertiary/aromatic N) is 1. The fourth-order valence-corrected chi connectivity index (χ4v) is 2.46. The third-order valence-corrected chi connectivity index (χ3v) is 3.74. The van der Waals surface area contributed by atoms with Gasteiger partial charge in [0.1, 0.15) is 0 Å². The Balaban J connectivity index is 1.88. The van der Waals surface area contributed by atoms with E-state index < -0.39 is 0 Å². The van der Waals surface area contributed by atoms with Gasteiger partial charge in [-0.15, -0.1) is 0 Å². The molecule has 1 aromatic rings. The monoisotopic (exact) mass is 319 g/mol. The van der Waals surface area contributed by atoms with Crippen LogP contribution in [0.1, 0.15) is 12.0 Å². The molecule has 1 atom stereocenters. The second kappa shape index (κ2) is 8.00. The zero-order valence-corrected chi connectivity index (χ0v) is 13.7. The van der Waals surface area contributed by atoms with Gasteiger partial charge in [0.05, 0.1) is 17.9 Å². The molecule has 1 aliphatic rings. The van der Waals surface area contributed by atoms with Crippen LogP contribution in [-0.4, -0.2) is 37.8 Å². The molecule has 0 saturated carbocycles. The fraction of sp³-hybridized carbons (Fsp3) is 0.438. The van der Waals surface area contributed by atoms with Gasteiger partial charge in [0.15, 0.2) is 5.11 Å². The number of hydrogen-bond acceptors (Lipinski definition) is 3. The van der Waals surface area contributed by atoms with Crippen molar-refractivity contribution in [3.63, 3.8) is 0 Å². The summed E-state index contributed by atoms with van der Waals surface area (Å²) in [5, 5.41) is 8.50. The van der Waals surface area contributed by atoms with Gasteiger partial charge in [-0.25, -0.2) is 4.99 Å². The van der Waals surface area contributed by atoms with Crippen molar-refractivity contribution in [3.8, 4) is 0 Å². The summed E-state index contributed by atoms with van der Waals surface area (Å²) in [5.74, 6) is -0.275. The van der Waals surface area contributed by atoms with Crippen molar-refractivity contribution >= 4 is 29.3 Å². The molecule has 0 aromatic heterocycles. The molecule has 1 heterocycles. The molecule has 6 heteroatoms. The molecule has 1 aromatic carbocycles. The molecule has 5 nitrogen and oxygen atoms in total. The van der Waals surface area contributed by atoms with E-state index >= 15 is 0 Å². The maximum atomic E-state index is 12.1. The van der Waals surface area contributed by atoms with E-state index in [9.17, 15) is 4.79 Å². The van der Waals surface area contributed by atoms with E-state index in [0.717, 1.165) is 16.1 Å². The number of benzene rings is 1. The minimum absolute atomic E-state index is 0.0850. The van der Waals surface area contributed by atoms with Crippen molar-refractivity contribution < 1.29 is 9.53 Å². The standard InChI is InChI=1S/C16H21N3O2S/c1-11-3-4-12-10-13(15(20)19-14(12)9-11)5-6-17-16(22)18-7-8-21-2/h3-4,9-10,13H,5-8H2,1-2H3,(H2,17,18,22). The van der Waals surface area contributed by atoms with Crippen LogP contribution in [0.2, 0.25) is 0 Å².